The number of benzene rings is 1. The van der Waals surface area contributed by atoms with Gasteiger partial charge in [-0.2, -0.15) is 0 Å². The average molecular weight is 253 g/mol. The highest BCUT2D eigenvalue weighted by atomic mass is 35.5. The monoisotopic (exact) mass is 252 g/mol. The van der Waals surface area contributed by atoms with Gasteiger partial charge in [-0.25, -0.2) is 0 Å². The summed E-state index contributed by atoms with van der Waals surface area (Å²) >= 11 is 12.9. The maximum Gasteiger partial charge on any atom is 0.149 e. The van der Waals surface area contributed by atoms with Crippen LogP contribution in [0.2, 0.25) is 0 Å². The van der Waals surface area contributed by atoms with Crippen molar-refractivity contribution in [2.24, 2.45) is 5.92 Å². The maximum absolute atomic E-state index is 6.47. The molecule has 0 spiro atoms. The van der Waals surface area contributed by atoms with Crippen molar-refractivity contribution in [2.45, 2.75) is 18.2 Å². The van der Waals surface area contributed by atoms with E-state index in [2.05, 4.69) is 19.9 Å². The van der Waals surface area contributed by atoms with Gasteiger partial charge in [-0.1, -0.05) is 78.2 Å². The fraction of sp³-hybridized carbons (Fsp3) is 0.286. The van der Waals surface area contributed by atoms with Gasteiger partial charge >= 0.3 is 0 Å². The fourth-order valence-corrected chi connectivity index (χ4v) is 2.58. The van der Waals surface area contributed by atoms with E-state index in [0.717, 1.165) is 11.1 Å². The molecule has 0 aliphatic heterocycles. The number of alkyl halides is 2. The summed E-state index contributed by atoms with van der Waals surface area (Å²) in [6.07, 6.45) is 4.11. The molecule has 1 aliphatic rings. The Kier molecular flexibility index (Phi) is 3.14. The van der Waals surface area contributed by atoms with E-state index in [4.69, 9.17) is 23.2 Å². The van der Waals surface area contributed by atoms with E-state index < -0.39 is 4.33 Å². The van der Waals surface area contributed by atoms with Gasteiger partial charge in [0.15, 0.2) is 0 Å². The van der Waals surface area contributed by atoms with Crippen molar-refractivity contribution in [1.82, 2.24) is 0 Å². The predicted octanol–water partition coefficient (Wildman–Crippen LogP) is 4.84. The molecule has 0 saturated heterocycles. The highest BCUT2D eigenvalue weighted by Gasteiger charge is 2.38. The second kappa shape index (κ2) is 4.27. The lowest BCUT2D eigenvalue weighted by Crippen LogP contribution is -2.28. The quantitative estimate of drug-likeness (QED) is 0.628. The molecule has 0 saturated carbocycles. The first kappa shape index (κ1) is 11.8. The van der Waals surface area contributed by atoms with E-state index in [-0.39, 0.29) is 5.92 Å². The third-order valence-corrected chi connectivity index (χ3v) is 4.25. The van der Waals surface area contributed by atoms with Crippen LogP contribution in [0.15, 0.2) is 48.1 Å². The predicted molar refractivity (Wildman–Crippen MR) is 71.8 cm³/mol. The van der Waals surface area contributed by atoms with E-state index in [0.29, 0.717) is 0 Å². The van der Waals surface area contributed by atoms with Crippen LogP contribution in [0.4, 0.5) is 0 Å². The first-order valence-corrected chi connectivity index (χ1v) is 6.11. The molecule has 0 N–H and O–H groups in total. The summed E-state index contributed by atoms with van der Waals surface area (Å²) < 4.78 is -0.833. The lowest BCUT2D eigenvalue weighted by Gasteiger charge is -2.33. The zero-order valence-corrected chi connectivity index (χ0v) is 10.9. The SMILES string of the molecule is CC1=CC=C(c2ccccc2)C(Cl)(Cl)C1C. The van der Waals surface area contributed by atoms with E-state index in [1.165, 1.54) is 5.57 Å². The van der Waals surface area contributed by atoms with Crippen molar-refractivity contribution in [1.29, 1.82) is 0 Å². The summed E-state index contributed by atoms with van der Waals surface area (Å²) in [6, 6.07) is 10.0. The molecule has 0 radical (unpaired) electrons. The van der Waals surface area contributed by atoms with Crippen molar-refractivity contribution in [2.75, 3.05) is 0 Å². The Labute approximate surface area is 107 Å². The molecule has 1 aliphatic carbocycles. The number of allylic oxidation sites excluding steroid dienone is 4. The highest BCUT2D eigenvalue weighted by Crippen LogP contribution is 2.47. The number of halogens is 2. The molecule has 2 rings (SSSR count). The van der Waals surface area contributed by atoms with Crippen molar-refractivity contribution < 1.29 is 0 Å². The van der Waals surface area contributed by atoms with Crippen molar-refractivity contribution >= 4 is 28.8 Å². The minimum Gasteiger partial charge on any atom is -0.0956 e. The van der Waals surface area contributed by atoms with Gasteiger partial charge in [0.1, 0.15) is 4.33 Å². The molecule has 0 bridgehead atoms. The van der Waals surface area contributed by atoms with Gasteiger partial charge in [0.05, 0.1) is 0 Å². The molecule has 84 valence electrons. The molecule has 0 heterocycles. The first-order valence-electron chi connectivity index (χ1n) is 5.35. The zero-order chi connectivity index (χ0) is 11.8. The maximum atomic E-state index is 6.47. The van der Waals surface area contributed by atoms with E-state index >= 15 is 0 Å². The Morgan fingerprint density at radius 2 is 1.69 bits per heavy atom. The third kappa shape index (κ3) is 1.92. The smallest absolute Gasteiger partial charge is 0.0956 e. The van der Waals surface area contributed by atoms with Gasteiger partial charge in [0.25, 0.3) is 0 Å². The molecule has 1 aromatic rings. The lowest BCUT2D eigenvalue weighted by atomic mass is 9.85. The molecule has 0 fully saturated rings. The number of hydrogen-bond donors (Lipinski definition) is 0. The Morgan fingerprint density at radius 3 is 2.31 bits per heavy atom. The van der Waals surface area contributed by atoms with Gasteiger partial charge in [-0.3, -0.25) is 0 Å². The summed E-state index contributed by atoms with van der Waals surface area (Å²) in [5.41, 5.74) is 3.28. The molecular formula is C14H14Cl2. The van der Waals surface area contributed by atoms with Crippen molar-refractivity contribution in [3.8, 4) is 0 Å². The van der Waals surface area contributed by atoms with E-state index in [1.54, 1.807) is 0 Å². The van der Waals surface area contributed by atoms with E-state index in [9.17, 15) is 0 Å². The highest BCUT2D eigenvalue weighted by molar-refractivity contribution is 6.54. The summed E-state index contributed by atoms with van der Waals surface area (Å²) in [6.45, 7) is 4.12. The van der Waals surface area contributed by atoms with Crippen LogP contribution in [0.25, 0.3) is 5.57 Å². The van der Waals surface area contributed by atoms with E-state index in [1.807, 2.05) is 36.4 Å². The van der Waals surface area contributed by atoms with Crippen LogP contribution >= 0.6 is 23.2 Å². The van der Waals surface area contributed by atoms with Crippen LogP contribution in [-0.2, 0) is 0 Å². The summed E-state index contributed by atoms with van der Waals surface area (Å²) in [5, 5.41) is 0. The molecule has 1 aromatic carbocycles. The van der Waals surface area contributed by atoms with Gasteiger partial charge in [-0.05, 0) is 18.1 Å². The van der Waals surface area contributed by atoms with Crippen LogP contribution in [0, 0.1) is 5.92 Å². The molecule has 0 nitrogen and oxygen atoms in total. The minimum atomic E-state index is -0.833. The Bertz CT molecular complexity index is 441. The summed E-state index contributed by atoms with van der Waals surface area (Å²) in [7, 11) is 0. The van der Waals surface area contributed by atoms with Crippen LogP contribution in [0.1, 0.15) is 19.4 Å². The van der Waals surface area contributed by atoms with Crippen LogP contribution in [0.3, 0.4) is 0 Å². The third-order valence-electron chi connectivity index (χ3n) is 3.18. The molecule has 0 amide bonds. The normalized spacial score (nSPS) is 23.6. The fourth-order valence-electron chi connectivity index (χ4n) is 1.90. The first-order chi connectivity index (χ1) is 7.53. The Balaban J connectivity index is 2.49. The van der Waals surface area contributed by atoms with Gasteiger partial charge in [0, 0.05) is 5.92 Å². The van der Waals surface area contributed by atoms with Crippen molar-refractivity contribution in [3.63, 3.8) is 0 Å². The van der Waals surface area contributed by atoms with Crippen LogP contribution in [0.5, 0.6) is 0 Å². The molecule has 2 heteroatoms. The lowest BCUT2D eigenvalue weighted by molar-refractivity contribution is 0.662. The standard InChI is InChI=1S/C14H14Cl2/c1-10-8-9-13(14(15,16)11(10)2)12-6-4-3-5-7-12/h3-9,11H,1-2H3. The van der Waals surface area contributed by atoms with Gasteiger partial charge in [0.2, 0.25) is 0 Å². The number of rotatable bonds is 1. The largest absolute Gasteiger partial charge is 0.149 e. The average Bonchev–Trinajstić information content (AvgIpc) is 2.27. The zero-order valence-electron chi connectivity index (χ0n) is 9.37. The molecule has 0 aromatic heterocycles. The van der Waals surface area contributed by atoms with Gasteiger partial charge < -0.3 is 0 Å². The van der Waals surface area contributed by atoms with Gasteiger partial charge in [-0.15, -0.1) is 0 Å². The Hall–Kier alpha value is -0.720. The summed E-state index contributed by atoms with van der Waals surface area (Å²) in [4.78, 5) is 0. The minimum absolute atomic E-state index is 0.135. The molecular weight excluding hydrogens is 239 g/mol. The molecule has 1 unspecified atom stereocenters. The molecule has 16 heavy (non-hydrogen) atoms. The number of hydrogen-bond acceptors (Lipinski definition) is 0. The second-order valence-electron chi connectivity index (χ2n) is 4.20. The second-order valence-corrected chi connectivity index (χ2v) is 5.59. The molecule has 1 atom stereocenters. The van der Waals surface area contributed by atoms with Crippen molar-refractivity contribution in [3.05, 3.63) is 53.6 Å². The Morgan fingerprint density at radius 1 is 1.06 bits per heavy atom. The topological polar surface area (TPSA) is 0 Å². The van der Waals surface area contributed by atoms with Crippen LogP contribution in [-0.4, -0.2) is 4.33 Å². The summed E-state index contributed by atoms with van der Waals surface area (Å²) in [5.74, 6) is 0.135. The van der Waals surface area contributed by atoms with Crippen LogP contribution < -0.4 is 0 Å².